The van der Waals surface area contributed by atoms with Crippen molar-refractivity contribution in [1.29, 1.82) is 0 Å². The van der Waals surface area contributed by atoms with E-state index in [0.717, 1.165) is 59.1 Å². The van der Waals surface area contributed by atoms with Crippen molar-refractivity contribution < 1.29 is 9.52 Å². The first-order valence-electron chi connectivity index (χ1n) is 8.39. The number of fused-ring (bicyclic) bond motifs is 1. The fourth-order valence-corrected chi connectivity index (χ4v) is 3.48. The van der Waals surface area contributed by atoms with Crippen molar-refractivity contribution in [1.82, 2.24) is 14.6 Å². The zero-order valence-corrected chi connectivity index (χ0v) is 14.3. The normalized spacial score (nSPS) is 18.5. The van der Waals surface area contributed by atoms with Gasteiger partial charge in [0.05, 0.1) is 18.1 Å². The Bertz CT molecular complexity index is 896. The van der Waals surface area contributed by atoms with Crippen molar-refractivity contribution >= 4 is 11.5 Å². The number of hydrogen-bond acceptors (Lipinski definition) is 5. The number of hydrogen-bond donors (Lipinski definition) is 1. The minimum atomic E-state index is -0.284. The van der Waals surface area contributed by atoms with Gasteiger partial charge in [0.15, 0.2) is 5.65 Å². The molecule has 126 valence electrons. The van der Waals surface area contributed by atoms with Crippen LogP contribution in [0.3, 0.4) is 0 Å². The lowest BCUT2D eigenvalue weighted by atomic mass is 10.1. The second kappa shape index (κ2) is 5.63. The summed E-state index contributed by atoms with van der Waals surface area (Å²) < 4.78 is 7.31. The van der Waals surface area contributed by atoms with E-state index in [2.05, 4.69) is 11.8 Å². The Morgan fingerprint density at radius 2 is 2.12 bits per heavy atom. The minimum absolute atomic E-state index is 0.284. The molecule has 3 aromatic rings. The molecule has 0 saturated carbocycles. The maximum Gasteiger partial charge on any atom is 0.158 e. The van der Waals surface area contributed by atoms with Crippen LogP contribution in [0.5, 0.6) is 0 Å². The zero-order valence-electron chi connectivity index (χ0n) is 14.3. The predicted molar refractivity (Wildman–Crippen MR) is 92.4 cm³/mol. The number of β-amino-alcohol motifs (C(OH)–C–C–N with tert-alkyl or cyclic N) is 1. The fraction of sp³-hybridized carbons (Fsp3) is 0.444. The van der Waals surface area contributed by atoms with E-state index in [1.807, 2.05) is 30.5 Å². The first kappa shape index (κ1) is 15.2. The summed E-state index contributed by atoms with van der Waals surface area (Å²) in [5.74, 6) is 1.88. The smallest absolute Gasteiger partial charge is 0.158 e. The van der Waals surface area contributed by atoms with Gasteiger partial charge in [-0.1, -0.05) is 0 Å². The van der Waals surface area contributed by atoms with Crippen LogP contribution in [0, 0.1) is 20.8 Å². The SMILES string of the molecule is Cc1nc2cc(-c3ccoc3C)nn2c(N2CCC[C@H](O)C2)c1C. The summed E-state index contributed by atoms with van der Waals surface area (Å²) in [5.41, 5.74) is 4.77. The largest absolute Gasteiger partial charge is 0.469 e. The fourth-order valence-electron chi connectivity index (χ4n) is 3.48. The first-order chi connectivity index (χ1) is 11.5. The van der Waals surface area contributed by atoms with Crippen molar-refractivity contribution in [3.63, 3.8) is 0 Å². The van der Waals surface area contributed by atoms with Gasteiger partial charge in [-0.05, 0) is 39.7 Å². The van der Waals surface area contributed by atoms with Gasteiger partial charge in [0.2, 0.25) is 0 Å². The summed E-state index contributed by atoms with van der Waals surface area (Å²) in [6.45, 7) is 7.60. The van der Waals surface area contributed by atoms with E-state index in [1.165, 1.54) is 0 Å². The second-order valence-corrected chi connectivity index (χ2v) is 6.58. The average Bonchev–Trinajstić information content (AvgIpc) is 3.14. The number of aliphatic hydroxyl groups excluding tert-OH is 1. The van der Waals surface area contributed by atoms with E-state index < -0.39 is 0 Å². The molecule has 0 radical (unpaired) electrons. The van der Waals surface area contributed by atoms with Gasteiger partial charge >= 0.3 is 0 Å². The molecule has 0 spiro atoms. The maximum atomic E-state index is 10.1. The third kappa shape index (κ3) is 2.38. The van der Waals surface area contributed by atoms with E-state index in [9.17, 15) is 5.11 Å². The first-order valence-corrected chi connectivity index (χ1v) is 8.39. The topological polar surface area (TPSA) is 66.8 Å². The molecule has 0 unspecified atom stereocenters. The molecule has 24 heavy (non-hydrogen) atoms. The van der Waals surface area contributed by atoms with Gasteiger partial charge in [-0.3, -0.25) is 0 Å². The van der Waals surface area contributed by atoms with Gasteiger partial charge in [0.25, 0.3) is 0 Å². The van der Waals surface area contributed by atoms with E-state index in [0.29, 0.717) is 6.54 Å². The highest BCUT2D eigenvalue weighted by Crippen LogP contribution is 2.30. The van der Waals surface area contributed by atoms with Crippen LogP contribution in [0.25, 0.3) is 16.9 Å². The molecule has 0 amide bonds. The van der Waals surface area contributed by atoms with Crippen molar-refractivity contribution in [3.8, 4) is 11.3 Å². The lowest BCUT2D eigenvalue weighted by Gasteiger charge is -2.33. The number of aryl methyl sites for hydroxylation is 2. The molecular weight excluding hydrogens is 304 g/mol. The molecule has 1 aliphatic heterocycles. The summed E-state index contributed by atoms with van der Waals surface area (Å²) in [6.07, 6.45) is 3.24. The molecule has 6 heteroatoms. The Kier molecular flexibility index (Phi) is 3.57. The molecule has 1 atom stereocenters. The Labute approximate surface area is 140 Å². The van der Waals surface area contributed by atoms with Gasteiger partial charge in [0.1, 0.15) is 11.6 Å². The van der Waals surface area contributed by atoms with E-state index in [-0.39, 0.29) is 6.10 Å². The quantitative estimate of drug-likeness (QED) is 0.784. The second-order valence-electron chi connectivity index (χ2n) is 6.58. The predicted octanol–water partition coefficient (Wildman–Crippen LogP) is 2.88. The third-order valence-corrected chi connectivity index (χ3v) is 4.88. The van der Waals surface area contributed by atoms with Crippen LogP contribution in [-0.2, 0) is 0 Å². The Hall–Kier alpha value is -2.34. The van der Waals surface area contributed by atoms with Gasteiger partial charge in [0, 0.05) is 36.0 Å². The number of anilines is 1. The van der Waals surface area contributed by atoms with Crippen LogP contribution in [0.1, 0.15) is 29.9 Å². The number of aliphatic hydroxyl groups is 1. The third-order valence-electron chi connectivity index (χ3n) is 4.88. The molecule has 0 bridgehead atoms. The van der Waals surface area contributed by atoms with Crippen molar-refractivity contribution in [2.24, 2.45) is 0 Å². The van der Waals surface area contributed by atoms with Crippen molar-refractivity contribution in [2.75, 3.05) is 18.0 Å². The van der Waals surface area contributed by atoms with Gasteiger partial charge in [-0.25, -0.2) is 4.98 Å². The average molecular weight is 326 g/mol. The van der Waals surface area contributed by atoms with Crippen LogP contribution in [0.4, 0.5) is 5.82 Å². The molecular formula is C18H22N4O2. The Morgan fingerprint density at radius 3 is 2.83 bits per heavy atom. The van der Waals surface area contributed by atoms with E-state index >= 15 is 0 Å². The van der Waals surface area contributed by atoms with E-state index in [1.54, 1.807) is 6.26 Å². The summed E-state index contributed by atoms with van der Waals surface area (Å²) >= 11 is 0. The van der Waals surface area contributed by atoms with E-state index in [4.69, 9.17) is 14.5 Å². The highest BCUT2D eigenvalue weighted by molar-refractivity contribution is 5.68. The van der Waals surface area contributed by atoms with Gasteiger partial charge in [-0.2, -0.15) is 9.61 Å². The summed E-state index contributed by atoms with van der Waals surface area (Å²) in [6, 6.07) is 3.93. The minimum Gasteiger partial charge on any atom is -0.469 e. The number of nitrogens with zero attached hydrogens (tertiary/aromatic N) is 4. The van der Waals surface area contributed by atoms with Gasteiger partial charge in [-0.15, -0.1) is 0 Å². The van der Waals surface area contributed by atoms with Gasteiger partial charge < -0.3 is 14.4 Å². The van der Waals surface area contributed by atoms with Crippen LogP contribution in [-0.4, -0.2) is 38.9 Å². The zero-order chi connectivity index (χ0) is 16.8. The molecule has 1 aliphatic rings. The highest BCUT2D eigenvalue weighted by atomic mass is 16.3. The molecule has 3 aromatic heterocycles. The molecule has 1 fully saturated rings. The Morgan fingerprint density at radius 1 is 1.29 bits per heavy atom. The molecule has 1 N–H and O–H groups in total. The molecule has 6 nitrogen and oxygen atoms in total. The number of piperidine rings is 1. The lowest BCUT2D eigenvalue weighted by Crippen LogP contribution is -2.40. The van der Waals surface area contributed by atoms with Crippen LogP contribution in [0.2, 0.25) is 0 Å². The highest BCUT2D eigenvalue weighted by Gasteiger charge is 2.24. The molecule has 4 heterocycles. The van der Waals surface area contributed by atoms with Crippen molar-refractivity contribution in [2.45, 2.75) is 39.7 Å². The van der Waals surface area contributed by atoms with Crippen LogP contribution in [0.15, 0.2) is 22.8 Å². The lowest BCUT2D eigenvalue weighted by molar-refractivity contribution is 0.153. The number of furan rings is 1. The molecule has 4 rings (SSSR count). The maximum absolute atomic E-state index is 10.1. The summed E-state index contributed by atoms with van der Waals surface area (Å²) in [4.78, 5) is 6.92. The van der Waals surface area contributed by atoms with Crippen LogP contribution < -0.4 is 4.90 Å². The molecule has 0 aromatic carbocycles. The van der Waals surface area contributed by atoms with Crippen molar-refractivity contribution in [3.05, 3.63) is 35.4 Å². The molecule has 0 aliphatic carbocycles. The number of rotatable bonds is 2. The molecule has 1 saturated heterocycles. The summed E-state index contributed by atoms with van der Waals surface area (Å²) in [5, 5.41) is 14.9. The Balaban J connectivity index is 1.90. The monoisotopic (exact) mass is 326 g/mol. The number of aromatic nitrogens is 3. The summed E-state index contributed by atoms with van der Waals surface area (Å²) in [7, 11) is 0. The van der Waals surface area contributed by atoms with Crippen LogP contribution >= 0.6 is 0 Å². The standard InChI is InChI=1S/C18H22N4O2/c1-11-12(2)19-17-9-16(15-6-8-24-13(15)3)20-22(17)18(11)21-7-4-5-14(23)10-21/h6,8-9,14,23H,4-5,7,10H2,1-3H3/t14-/m0/s1.